The molecule has 0 atom stereocenters. The molecule has 4 heteroatoms. The maximum atomic E-state index is 12.9. The molecule has 124 valence electrons. The Morgan fingerprint density at radius 2 is 1.83 bits per heavy atom. The number of hydrogen-bond donors (Lipinski definition) is 1. The summed E-state index contributed by atoms with van der Waals surface area (Å²) >= 11 is 0. The first-order valence-corrected chi connectivity index (χ1v) is 8.75. The van der Waals surface area contributed by atoms with E-state index in [1.165, 1.54) is 5.56 Å². The number of rotatable bonds is 4. The Labute approximate surface area is 138 Å². The quantitative estimate of drug-likeness (QED) is 0.928. The average molecular weight is 314 g/mol. The highest BCUT2D eigenvalue weighted by molar-refractivity contribution is 5.92. The number of benzene rings is 1. The third kappa shape index (κ3) is 3.26. The molecule has 4 nitrogen and oxygen atoms in total. The highest BCUT2D eigenvalue weighted by Crippen LogP contribution is 2.41. The highest BCUT2D eigenvalue weighted by atomic mass is 16.2. The summed E-state index contributed by atoms with van der Waals surface area (Å²) in [6.07, 6.45) is 6.04. The largest absolute Gasteiger partial charge is 0.346 e. The molecule has 1 aromatic rings. The van der Waals surface area contributed by atoms with Gasteiger partial charge in [0.25, 0.3) is 0 Å². The molecule has 0 aromatic heterocycles. The van der Waals surface area contributed by atoms with E-state index in [9.17, 15) is 9.59 Å². The summed E-state index contributed by atoms with van der Waals surface area (Å²) < 4.78 is 0. The molecule has 1 saturated carbocycles. The first kappa shape index (κ1) is 16.0. The molecule has 2 aliphatic rings. The molecule has 2 amide bonds. The maximum Gasteiger partial charge on any atom is 0.241 e. The maximum absolute atomic E-state index is 12.9. The molecule has 23 heavy (non-hydrogen) atoms. The Morgan fingerprint density at radius 3 is 2.48 bits per heavy atom. The number of nitrogens with zero attached hydrogens (tertiary/aromatic N) is 1. The molecule has 0 unspecified atom stereocenters. The van der Waals surface area contributed by atoms with Gasteiger partial charge in [-0.25, -0.2) is 0 Å². The Morgan fingerprint density at radius 1 is 1.13 bits per heavy atom. The van der Waals surface area contributed by atoms with Crippen molar-refractivity contribution in [2.75, 3.05) is 19.6 Å². The molecular formula is C19H26N2O2. The normalized spacial score (nSPS) is 19.8. The van der Waals surface area contributed by atoms with Crippen molar-refractivity contribution in [3.8, 4) is 0 Å². The van der Waals surface area contributed by atoms with Gasteiger partial charge in [-0.3, -0.25) is 9.59 Å². The molecule has 3 rings (SSSR count). The van der Waals surface area contributed by atoms with Gasteiger partial charge in [-0.05, 0) is 38.2 Å². The van der Waals surface area contributed by atoms with Crippen LogP contribution < -0.4 is 5.32 Å². The van der Waals surface area contributed by atoms with E-state index in [1.807, 2.05) is 11.0 Å². The van der Waals surface area contributed by atoms with Crippen LogP contribution in [0.15, 0.2) is 24.3 Å². The van der Waals surface area contributed by atoms with Gasteiger partial charge < -0.3 is 10.2 Å². The minimum Gasteiger partial charge on any atom is -0.346 e. The minimum absolute atomic E-state index is 0.0214. The van der Waals surface area contributed by atoms with E-state index in [-0.39, 0.29) is 18.4 Å². The third-order valence-electron chi connectivity index (χ3n) is 5.32. The van der Waals surface area contributed by atoms with Crippen molar-refractivity contribution < 1.29 is 9.59 Å². The van der Waals surface area contributed by atoms with E-state index in [2.05, 4.69) is 30.4 Å². The summed E-state index contributed by atoms with van der Waals surface area (Å²) in [5, 5.41) is 2.93. The Hall–Kier alpha value is -1.84. The lowest BCUT2D eigenvalue weighted by Gasteiger charge is -2.29. The molecule has 0 spiro atoms. The van der Waals surface area contributed by atoms with Crippen molar-refractivity contribution in [2.24, 2.45) is 0 Å². The zero-order valence-corrected chi connectivity index (χ0v) is 13.9. The molecule has 1 heterocycles. The van der Waals surface area contributed by atoms with Gasteiger partial charge in [-0.1, -0.05) is 42.7 Å². The predicted molar refractivity (Wildman–Crippen MR) is 90.1 cm³/mol. The van der Waals surface area contributed by atoms with Crippen LogP contribution in [0.5, 0.6) is 0 Å². The fourth-order valence-corrected chi connectivity index (χ4v) is 3.97. The van der Waals surface area contributed by atoms with E-state index >= 15 is 0 Å². The van der Waals surface area contributed by atoms with Crippen LogP contribution in [0.2, 0.25) is 0 Å². The number of carbonyl (C=O) groups is 2. The SMILES string of the molecule is Cc1cccc(C2(C(=O)NCC(=O)N3CCCC3)CCCC2)c1. The Balaban J connectivity index is 1.70. The molecule has 1 aliphatic carbocycles. The lowest BCUT2D eigenvalue weighted by Crippen LogP contribution is -2.46. The van der Waals surface area contributed by atoms with Gasteiger partial charge in [0.15, 0.2) is 0 Å². The second kappa shape index (κ2) is 6.73. The van der Waals surface area contributed by atoms with Crippen LogP contribution in [-0.2, 0) is 15.0 Å². The number of amides is 2. The lowest BCUT2D eigenvalue weighted by atomic mass is 9.77. The molecule has 1 aromatic carbocycles. The van der Waals surface area contributed by atoms with Crippen molar-refractivity contribution >= 4 is 11.8 Å². The van der Waals surface area contributed by atoms with Crippen molar-refractivity contribution in [2.45, 2.75) is 50.9 Å². The molecule has 2 fully saturated rings. The predicted octanol–water partition coefficient (Wildman–Crippen LogP) is 2.55. The first-order chi connectivity index (χ1) is 11.1. The smallest absolute Gasteiger partial charge is 0.241 e. The van der Waals surface area contributed by atoms with Gasteiger partial charge in [-0.15, -0.1) is 0 Å². The summed E-state index contributed by atoms with van der Waals surface area (Å²) in [7, 11) is 0. The van der Waals surface area contributed by atoms with Crippen LogP contribution in [0.4, 0.5) is 0 Å². The number of aryl methyl sites for hydroxylation is 1. The van der Waals surface area contributed by atoms with Crippen LogP contribution in [0.25, 0.3) is 0 Å². The molecular weight excluding hydrogens is 288 g/mol. The monoisotopic (exact) mass is 314 g/mol. The van der Waals surface area contributed by atoms with Gasteiger partial charge in [-0.2, -0.15) is 0 Å². The van der Waals surface area contributed by atoms with Crippen LogP contribution >= 0.6 is 0 Å². The Bertz CT molecular complexity index is 585. The standard InChI is InChI=1S/C19H26N2O2/c1-15-7-6-8-16(13-15)19(9-2-3-10-19)18(23)20-14-17(22)21-11-4-5-12-21/h6-8,13H,2-5,9-12,14H2,1H3,(H,20,23). The average Bonchev–Trinajstić information content (AvgIpc) is 3.24. The van der Waals surface area contributed by atoms with Gasteiger partial charge in [0.2, 0.25) is 11.8 Å². The van der Waals surface area contributed by atoms with Crippen molar-refractivity contribution in [1.82, 2.24) is 10.2 Å². The van der Waals surface area contributed by atoms with Gasteiger partial charge >= 0.3 is 0 Å². The van der Waals surface area contributed by atoms with Crippen molar-refractivity contribution in [1.29, 1.82) is 0 Å². The number of carbonyl (C=O) groups excluding carboxylic acids is 2. The van der Waals surface area contributed by atoms with Crippen LogP contribution in [-0.4, -0.2) is 36.3 Å². The first-order valence-electron chi connectivity index (χ1n) is 8.75. The molecule has 0 bridgehead atoms. The van der Waals surface area contributed by atoms with E-state index in [0.717, 1.165) is 57.2 Å². The third-order valence-corrected chi connectivity index (χ3v) is 5.32. The number of hydrogen-bond acceptors (Lipinski definition) is 2. The van der Waals surface area contributed by atoms with Crippen LogP contribution in [0.1, 0.15) is 49.7 Å². The fraction of sp³-hybridized carbons (Fsp3) is 0.579. The molecule has 1 saturated heterocycles. The van der Waals surface area contributed by atoms with E-state index in [4.69, 9.17) is 0 Å². The lowest BCUT2D eigenvalue weighted by molar-refractivity contribution is -0.133. The summed E-state index contributed by atoms with van der Waals surface area (Å²) in [6.45, 7) is 3.85. The minimum atomic E-state index is -0.447. The van der Waals surface area contributed by atoms with Gasteiger partial charge in [0, 0.05) is 13.1 Å². The number of nitrogens with one attached hydrogen (secondary N) is 1. The number of likely N-dealkylation sites (tertiary alicyclic amines) is 1. The van der Waals surface area contributed by atoms with Crippen molar-refractivity contribution in [3.63, 3.8) is 0 Å². The summed E-state index contributed by atoms with van der Waals surface area (Å²) in [5.41, 5.74) is 1.83. The molecule has 1 N–H and O–H groups in total. The van der Waals surface area contributed by atoms with Gasteiger partial charge in [0.1, 0.15) is 0 Å². The highest BCUT2D eigenvalue weighted by Gasteiger charge is 2.42. The second-order valence-electron chi connectivity index (χ2n) is 6.93. The van der Waals surface area contributed by atoms with E-state index in [1.54, 1.807) is 0 Å². The van der Waals surface area contributed by atoms with Gasteiger partial charge in [0.05, 0.1) is 12.0 Å². The topological polar surface area (TPSA) is 49.4 Å². The zero-order chi connectivity index (χ0) is 16.3. The fourth-order valence-electron chi connectivity index (χ4n) is 3.97. The van der Waals surface area contributed by atoms with E-state index < -0.39 is 5.41 Å². The zero-order valence-electron chi connectivity index (χ0n) is 13.9. The second-order valence-corrected chi connectivity index (χ2v) is 6.93. The summed E-state index contributed by atoms with van der Waals surface area (Å²) in [5.74, 6) is 0.0707. The van der Waals surface area contributed by atoms with Crippen molar-refractivity contribution in [3.05, 3.63) is 35.4 Å². The van der Waals surface area contributed by atoms with E-state index in [0.29, 0.717) is 0 Å². The Kier molecular flexibility index (Phi) is 4.69. The van der Waals surface area contributed by atoms with Crippen LogP contribution in [0, 0.1) is 6.92 Å². The summed E-state index contributed by atoms with van der Waals surface area (Å²) in [4.78, 5) is 26.9. The molecule has 0 radical (unpaired) electrons. The van der Waals surface area contributed by atoms with Crippen LogP contribution in [0.3, 0.4) is 0 Å². The molecule has 1 aliphatic heterocycles. The summed E-state index contributed by atoms with van der Waals surface area (Å²) in [6, 6.07) is 8.25.